The molecule has 0 spiro atoms. The van der Waals surface area contributed by atoms with E-state index in [1.165, 1.54) is 0 Å². The minimum atomic E-state index is 0.577. The van der Waals surface area contributed by atoms with Crippen LogP contribution in [0.4, 0.5) is 5.82 Å². The van der Waals surface area contributed by atoms with Gasteiger partial charge in [0.15, 0.2) is 11.5 Å². The molecule has 0 saturated carbocycles. The monoisotopic (exact) mass is 362 g/mol. The van der Waals surface area contributed by atoms with Gasteiger partial charge in [-0.15, -0.1) is 0 Å². The molecule has 0 aliphatic rings. The second-order valence-electron chi connectivity index (χ2n) is 6.56. The van der Waals surface area contributed by atoms with Gasteiger partial charge in [0, 0.05) is 50.7 Å². The van der Waals surface area contributed by atoms with E-state index in [2.05, 4.69) is 30.4 Å². The zero-order valence-electron chi connectivity index (χ0n) is 16.8. The Labute approximate surface area is 155 Å². The molecule has 7 nitrogen and oxygen atoms in total. The largest absolute Gasteiger partial charge is 0.493 e. The Bertz CT molecular complexity index is 747. The van der Waals surface area contributed by atoms with Crippen molar-refractivity contribution in [2.45, 2.75) is 6.54 Å². The molecule has 1 aromatic heterocycles. The van der Waals surface area contributed by atoms with Crippen LogP contribution in [0.25, 0.3) is 10.9 Å². The molecule has 1 aromatic carbocycles. The molecule has 0 aliphatic carbocycles. The van der Waals surface area contributed by atoms with Gasteiger partial charge in [-0.3, -0.25) is 0 Å². The molecule has 7 heteroatoms. The third-order valence-electron chi connectivity index (χ3n) is 4.15. The van der Waals surface area contributed by atoms with E-state index < -0.39 is 0 Å². The van der Waals surface area contributed by atoms with Gasteiger partial charge in [-0.05, 0) is 20.2 Å². The molecule has 0 unspecified atom stereocenters. The summed E-state index contributed by atoms with van der Waals surface area (Å²) in [6.45, 7) is 2.61. The lowest BCUT2D eigenvalue weighted by Gasteiger charge is -2.20. The molecule has 1 N–H and O–H groups in total. The van der Waals surface area contributed by atoms with Gasteiger partial charge in [-0.25, -0.2) is 4.98 Å². The van der Waals surface area contributed by atoms with Gasteiger partial charge >= 0.3 is 0 Å². The van der Waals surface area contributed by atoms with Crippen LogP contribution in [0.3, 0.4) is 0 Å². The molecular formula is C19H30N4O3. The average Bonchev–Trinajstić information content (AvgIpc) is 2.62. The number of pyridine rings is 1. The van der Waals surface area contributed by atoms with Crippen molar-refractivity contribution in [3.8, 4) is 17.2 Å². The molecule has 0 radical (unpaired) electrons. The Balaban J connectivity index is 2.51. The van der Waals surface area contributed by atoms with Crippen LogP contribution in [0.1, 0.15) is 5.56 Å². The first-order valence-electron chi connectivity index (χ1n) is 8.58. The highest BCUT2D eigenvalue weighted by Crippen LogP contribution is 2.43. The summed E-state index contributed by atoms with van der Waals surface area (Å²) in [5, 5.41) is 4.38. The molecule has 144 valence electrons. The van der Waals surface area contributed by atoms with Crippen molar-refractivity contribution < 1.29 is 14.2 Å². The maximum Gasteiger partial charge on any atom is 0.204 e. The SMILES string of the molecule is COc1cc2nc(N(C)C)c(CNCCN(C)C)cc2c(OC)c1OC. The van der Waals surface area contributed by atoms with Crippen LogP contribution in [-0.4, -0.2) is 72.5 Å². The molecule has 0 saturated heterocycles. The summed E-state index contributed by atoms with van der Waals surface area (Å²) in [6.07, 6.45) is 0. The predicted molar refractivity (Wildman–Crippen MR) is 106 cm³/mol. The predicted octanol–water partition coefficient (Wildman–Crippen LogP) is 1.98. The zero-order valence-corrected chi connectivity index (χ0v) is 16.8. The number of benzene rings is 1. The van der Waals surface area contributed by atoms with E-state index in [0.29, 0.717) is 17.2 Å². The van der Waals surface area contributed by atoms with Gasteiger partial charge < -0.3 is 29.3 Å². The van der Waals surface area contributed by atoms with E-state index >= 15 is 0 Å². The van der Waals surface area contributed by atoms with Gasteiger partial charge in [-0.1, -0.05) is 0 Å². The van der Waals surface area contributed by atoms with Crippen LogP contribution in [0.2, 0.25) is 0 Å². The highest BCUT2D eigenvalue weighted by molar-refractivity contribution is 5.92. The van der Waals surface area contributed by atoms with Crippen molar-refractivity contribution in [3.05, 3.63) is 17.7 Å². The van der Waals surface area contributed by atoms with Crippen LogP contribution < -0.4 is 24.4 Å². The van der Waals surface area contributed by atoms with Crippen LogP contribution >= 0.6 is 0 Å². The number of aromatic nitrogens is 1. The summed E-state index contributed by atoms with van der Waals surface area (Å²) in [5.41, 5.74) is 1.91. The fraction of sp³-hybridized carbons (Fsp3) is 0.526. The van der Waals surface area contributed by atoms with Gasteiger partial charge in [0.25, 0.3) is 0 Å². The smallest absolute Gasteiger partial charge is 0.204 e. The Kier molecular flexibility index (Phi) is 6.88. The summed E-state index contributed by atoms with van der Waals surface area (Å²) in [5.74, 6) is 2.73. The van der Waals surface area contributed by atoms with E-state index in [-0.39, 0.29) is 0 Å². The standard InChI is InChI=1S/C19H30N4O3/c1-22(2)9-8-20-12-13-10-14-15(21-19(13)23(3)4)11-16(24-5)18(26-7)17(14)25-6/h10-11,20H,8-9,12H2,1-7H3. The number of likely N-dealkylation sites (N-methyl/N-ethyl adjacent to an activating group) is 1. The normalized spacial score (nSPS) is 11.1. The highest BCUT2D eigenvalue weighted by Gasteiger charge is 2.19. The lowest BCUT2D eigenvalue weighted by atomic mass is 10.1. The number of nitrogens with one attached hydrogen (secondary N) is 1. The Hall–Kier alpha value is -2.25. The lowest BCUT2D eigenvalue weighted by Crippen LogP contribution is -2.27. The summed E-state index contributed by atoms with van der Waals surface area (Å²) >= 11 is 0. The number of hydrogen-bond donors (Lipinski definition) is 1. The van der Waals surface area contributed by atoms with Crippen molar-refractivity contribution >= 4 is 16.7 Å². The summed E-state index contributed by atoms with van der Waals surface area (Å²) in [6, 6.07) is 3.99. The fourth-order valence-electron chi connectivity index (χ4n) is 2.87. The third kappa shape index (κ3) is 4.28. The maximum absolute atomic E-state index is 5.62. The van der Waals surface area contributed by atoms with E-state index in [0.717, 1.165) is 41.9 Å². The number of nitrogens with zero attached hydrogens (tertiary/aromatic N) is 3. The zero-order chi connectivity index (χ0) is 19.3. The van der Waals surface area contributed by atoms with Crippen LogP contribution in [0.5, 0.6) is 17.2 Å². The minimum absolute atomic E-state index is 0.577. The molecule has 0 atom stereocenters. The van der Waals surface area contributed by atoms with Gasteiger partial charge in [0.1, 0.15) is 5.82 Å². The first kappa shape index (κ1) is 20.1. The number of anilines is 1. The minimum Gasteiger partial charge on any atom is -0.493 e. The molecule has 0 bridgehead atoms. The van der Waals surface area contributed by atoms with Gasteiger partial charge in [0.05, 0.1) is 26.8 Å². The van der Waals surface area contributed by atoms with Crippen molar-refractivity contribution in [3.63, 3.8) is 0 Å². The third-order valence-corrected chi connectivity index (χ3v) is 4.15. The Morgan fingerprint density at radius 3 is 2.19 bits per heavy atom. The number of fused-ring (bicyclic) bond motifs is 1. The van der Waals surface area contributed by atoms with Crippen LogP contribution in [-0.2, 0) is 6.54 Å². The van der Waals surface area contributed by atoms with E-state index in [1.54, 1.807) is 21.3 Å². The molecular weight excluding hydrogens is 332 g/mol. The second-order valence-corrected chi connectivity index (χ2v) is 6.56. The van der Waals surface area contributed by atoms with Crippen LogP contribution in [0, 0.1) is 0 Å². The van der Waals surface area contributed by atoms with Crippen LogP contribution in [0.15, 0.2) is 12.1 Å². The molecule has 26 heavy (non-hydrogen) atoms. The number of methoxy groups -OCH3 is 3. The molecule has 0 amide bonds. The lowest BCUT2D eigenvalue weighted by molar-refractivity contribution is 0.327. The highest BCUT2D eigenvalue weighted by atomic mass is 16.5. The van der Waals surface area contributed by atoms with Crippen molar-refractivity contribution in [1.82, 2.24) is 15.2 Å². The Morgan fingerprint density at radius 1 is 0.962 bits per heavy atom. The quantitative estimate of drug-likeness (QED) is 0.685. The molecule has 2 aromatic rings. The van der Waals surface area contributed by atoms with Gasteiger partial charge in [0.2, 0.25) is 5.75 Å². The molecule has 0 fully saturated rings. The average molecular weight is 362 g/mol. The molecule has 1 heterocycles. The molecule has 0 aliphatic heterocycles. The van der Waals surface area contributed by atoms with Crippen molar-refractivity contribution in [2.24, 2.45) is 0 Å². The number of hydrogen-bond acceptors (Lipinski definition) is 7. The second kappa shape index (κ2) is 8.91. The van der Waals surface area contributed by atoms with Gasteiger partial charge in [-0.2, -0.15) is 0 Å². The van der Waals surface area contributed by atoms with E-state index in [9.17, 15) is 0 Å². The first-order chi connectivity index (χ1) is 12.4. The summed E-state index contributed by atoms with van der Waals surface area (Å²) in [7, 11) is 13.0. The molecule has 2 rings (SSSR count). The number of rotatable bonds is 9. The topological polar surface area (TPSA) is 59.1 Å². The fourth-order valence-corrected chi connectivity index (χ4v) is 2.87. The Morgan fingerprint density at radius 2 is 1.65 bits per heavy atom. The van der Waals surface area contributed by atoms with Crippen molar-refractivity contribution in [1.29, 1.82) is 0 Å². The first-order valence-corrected chi connectivity index (χ1v) is 8.58. The summed E-state index contributed by atoms with van der Waals surface area (Å²) < 4.78 is 16.6. The van der Waals surface area contributed by atoms with E-state index in [4.69, 9.17) is 19.2 Å². The summed E-state index contributed by atoms with van der Waals surface area (Å²) in [4.78, 5) is 9.01. The van der Waals surface area contributed by atoms with Crippen molar-refractivity contribution in [2.75, 3.05) is 67.5 Å². The number of ether oxygens (including phenoxy) is 3. The van der Waals surface area contributed by atoms with E-state index in [1.807, 2.05) is 25.1 Å². The maximum atomic E-state index is 5.62.